The van der Waals surface area contributed by atoms with Gasteiger partial charge in [-0.25, -0.2) is 0 Å². The maximum atomic E-state index is 12.7. The van der Waals surface area contributed by atoms with E-state index in [4.69, 9.17) is 4.74 Å². The van der Waals surface area contributed by atoms with Gasteiger partial charge in [-0.1, -0.05) is 36.4 Å². The zero-order chi connectivity index (χ0) is 21.8. The molecule has 2 N–H and O–H groups in total. The highest BCUT2D eigenvalue weighted by molar-refractivity contribution is 5.97. The highest BCUT2D eigenvalue weighted by Crippen LogP contribution is 2.33. The molecule has 0 aliphatic carbocycles. The lowest BCUT2D eigenvalue weighted by molar-refractivity contribution is -0.135. The largest absolute Gasteiger partial charge is 0.485 e. The number of aryl methyl sites for hydroxylation is 1. The van der Waals surface area contributed by atoms with Gasteiger partial charge in [-0.2, -0.15) is 0 Å². The van der Waals surface area contributed by atoms with Crippen molar-refractivity contribution in [2.45, 2.75) is 38.3 Å². The first kappa shape index (κ1) is 20.9. The third-order valence-corrected chi connectivity index (χ3v) is 6.09. The zero-order valence-electron chi connectivity index (χ0n) is 17.6. The number of hydrogen-bond donors (Lipinski definition) is 2. The van der Waals surface area contributed by atoms with Crippen LogP contribution in [0.1, 0.15) is 40.7 Å². The fourth-order valence-electron chi connectivity index (χ4n) is 4.11. The normalized spacial score (nSPS) is 20.9. The van der Waals surface area contributed by atoms with Gasteiger partial charge in [0.1, 0.15) is 11.4 Å². The lowest BCUT2D eigenvalue weighted by atomic mass is 9.94. The number of ether oxygens (including phenoxy) is 1. The summed E-state index contributed by atoms with van der Waals surface area (Å²) in [5.41, 5.74) is 2.01. The summed E-state index contributed by atoms with van der Waals surface area (Å²) < 4.78 is 6.29. The Morgan fingerprint density at radius 3 is 2.74 bits per heavy atom. The molecular formula is C24H27N3O4. The van der Waals surface area contributed by atoms with E-state index in [1.54, 1.807) is 23.1 Å². The highest BCUT2D eigenvalue weighted by atomic mass is 16.5. The van der Waals surface area contributed by atoms with Crippen LogP contribution >= 0.6 is 0 Å². The SMILES string of the molecule is Cc1ccccc1CNC(=O)CN1CC[C@]2(CCC1=O)CNC(=O)c1ccccc1O2. The first-order chi connectivity index (χ1) is 15.0. The molecule has 2 aliphatic heterocycles. The number of para-hydroxylation sites is 1. The third kappa shape index (κ3) is 4.71. The number of fused-ring (bicyclic) bond motifs is 1. The summed E-state index contributed by atoms with van der Waals surface area (Å²) in [6, 6.07) is 15.0. The summed E-state index contributed by atoms with van der Waals surface area (Å²) in [5, 5.41) is 5.84. The number of likely N-dealkylation sites (tertiary alicyclic amines) is 1. The van der Waals surface area contributed by atoms with Crippen LogP contribution in [0.3, 0.4) is 0 Å². The zero-order valence-corrected chi connectivity index (χ0v) is 17.6. The first-order valence-electron chi connectivity index (χ1n) is 10.6. The molecule has 2 aromatic rings. The second kappa shape index (κ2) is 8.79. The topological polar surface area (TPSA) is 87.7 Å². The van der Waals surface area contributed by atoms with Gasteiger partial charge < -0.3 is 20.3 Å². The Hall–Kier alpha value is -3.35. The van der Waals surface area contributed by atoms with Crippen molar-refractivity contribution in [1.82, 2.24) is 15.5 Å². The van der Waals surface area contributed by atoms with Crippen molar-refractivity contribution in [3.63, 3.8) is 0 Å². The number of rotatable bonds is 4. The van der Waals surface area contributed by atoms with Gasteiger partial charge in [0, 0.05) is 25.9 Å². The molecular weight excluding hydrogens is 394 g/mol. The molecule has 31 heavy (non-hydrogen) atoms. The van der Waals surface area contributed by atoms with E-state index in [9.17, 15) is 14.4 Å². The molecule has 162 valence electrons. The number of nitrogens with one attached hydrogen (secondary N) is 2. The van der Waals surface area contributed by atoms with E-state index in [0.717, 1.165) is 11.1 Å². The molecule has 0 unspecified atom stereocenters. The lowest BCUT2D eigenvalue weighted by Gasteiger charge is -2.32. The molecule has 0 aromatic heterocycles. The molecule has 0 bridgehead atoms. The van der Waals surface area contributed by atoms with Gasteiger partial charge in [0.15, 0.2) is 0 Å². The van der Waals surface area contributed by atoms with Crippen LogP contribution in [-0.4, -0.2) is 47.9 Å². The Morgan fingerprint density at radius 2 is 1.90 bits per heavy atom. The van der Waals surface area contributed by atoms with E-state index in [1.165, 1.54) is 0 Å². The standard InChI is InChI=1S/C24H27N3O4/c1-17-6-2-3-7-18(17)14-25-21(28)15-27-13-12-24(11-10-22(27)29)16-26-23(30)19-8-4-5-9-20(19)31-24/h2-9H,10-16H2,1H3,(H,25,28)(H,26,30)/t24-/m1/s1. The molecule has 0 radical (unpaired) electrons. The van der Waals surface area contributed by atoms with Crippen LogP contribution in [0.5, 0.6) is 5.75 Å². The van der Waals surface area contributed by atoms with Crippen molar-refractivity contribution in [1.29, 1.82) is 0 Å². The van der Waals surface area contributed by atoms with Crippen molar-refractivity contribution < 1.29 is 19.1 Å². The van der Waals surface area contributed by atoms with Crippen LogP contribution < -0.4 is 15.4 Å². The Balaban J connectivity index is 1.39. The minimum absolute atomic E-state index is 0.0176. The monoisotopic (exact) mass is 421 g/mol. The minimum atomic E-state index is -0.662. The molecule has 2 aromatic carbocycles. The molecule has 4 rings (SSSR count). The van der Waals surface area contributed by atoms with E-state index in [2.05, 4.69) is 10.6 Å². The van der Waals surface area contributed by atoms with Gasteiger partial charge in [-0.05, 0) is 36.6 Å². The first-order valence-corrected chi connectivity index (χ1v) is 10.6. The Kier molecular flexibility index (Phi) is 5.93. The van der Waals surface area contributed by atoms with Gasteiger partial charge in [0.05, 0.1) is 18.7 Å². The molecule has 2 heterocycles. The van der Waals surface area contributed by atoms with Crippen LogP contribution in [-0.2, 0) is 16.1 Å². The number of carbonyl (C=O) groups is 3. The quantitative estimate of drug-likeness (QED) is 0.792. The third-order valence-electron chi connectivity index (χ3n) is 6.09. The molecule has 1 spiro atoms. The second-order valence-electron chi connectivity index (χ2n) is 8.23. The van der Waals surface area contributed by atoms with Gasteiger partial charge >= 0.3 is 0 Å². The summed E-state index contributed by atoms with van der Waals surface area (Å²) >= 11 is 0. The molecule has 2 aliphatic rings. The highest BCUT2D eigenvalue weighted by Gasteiger charge is 2.40. The van der Waals surface area contributed by atoms with E-state index in [1.807, 2.05) is 37.3 Å². The van der Waals surface area contributed by atoms with Crippen LogP contribution in [0.2, 0.25) is 0 Å². The molecule has 0 saturated carbocycles. The summed E-state index contributed by atoms with van der Waals surface area (Å²) in [6.07, 6.45) is 1.29. The number of carbonyl (C=O) groups excluding carboxylic acids is 3. The number of benzene rings is 2. The smallest absolute Gasteiger partial charge is 0.255 e. The van der Waals surface area contributed by atoms with E-state index < -0.39 is 5.60 Å². The predicted octanol–water partition coefficient (Wildman–Crippen LogP) is 2.18. The Morgan fingerprint density at radius 1 is 1.13 bits per heavy atom. The van der Waals surface area contributed by atoms with Crippen LogP contribution in [0.4, 0.5) is 0 Å². The maximum Gasteiger partial charge on any atom is 0.255 e. The second-order valence-corrected chi connectivity index (χ2v) is 8.23. The van der Waals surface area contributed by atoms with E-state index in [0.29, 0.717) is 43.8 Å². The van der Waals surface area contributed by atoms with Gasteiger partial charge in [0.2, 0.25) is 11.8 Å². The Bertz CT molecular complexity index is 1010. The van der Waals surface area contributed by atoms with Gasteiger partial charge in [-0.15, -0.1) is 0 Å². The van der Waals surface area contributed by atoms with Crippen molar-refractivity contribution >= 4 is 17.7 Å². The molecule has 7 nitrogen and oxygen atoms in total. The lowest BCUT2D eigenvalue weighted by Crippen LogP contribution is -2.46. The maximum absolute atomic E-state index is 12.7. The van der Waals surface area contributed by atoms with Gasteiger partial charge in [-0.3, -0.25) is 14.4 Å². The summed E-state index contributed by atoms with van der Waals surface area (Å²) in [6.45, 7) is 3.19. The fourth-order valence-corrected chi connectivity index (χ4v) is 4.11. The average molecular weight is 421 g/mol. The molecule has 3 amide bonds. The van der Waals surface area contributed by atoms with Crippen molar-refractivity contribution in [3.8, 4) is 5.75 Å². The molecule has 7 heteroatoms. The van der Waals surface area contributed by atoms with Crippen LogP contribution in [0, 0.1) is 6.92 Å². The van der Waals surface area contributed by atoms with Crippen molar-refractivity contribution in [2.75, 3.05) is 19.6 Å². The van der Waals surface area contributed by atoms with Crippen LogP contribution in [0.15, 0.2) is 48.5 Å². The Labute approximate surface area is 181 Å². The summed E-state index contributed by atoms with van der Waals surface area (Å²) in [7, 11) is 0. The van der Waals surface area contributed by atoms with Crippen LogP contribution in [0.25, 0.3) is 0 Å². The average Bonchev–Trinajstić information content (AvgIpc) is 3.01. The molecule has 1 fully saturated rings. The van der Waals surface area contributed by atoms with E-state index >= 15 is 0 Å². The van der Waals surface area contributed by atoms with Gasteiger partial charge in [0.25, 0.3) is 5.91 Å². The predicted molar refractivity (Wildman–Crippen MR) is 116 cm³/mol. The molecule has 1 saturated heterocycles. The number of hydrogen-bond acceptors (Lipinski definition) is 4. The van der Waals surface area contributed by atoms with Crippen molar-refractivity contribution in [3.05, 3.63) is 65.2 Å². The number of nitrogens with zero attached hydrogens (tertiary/aromatic N) is 1. The minimum Gasteiger partial charge on any atom is -0.485 e. The fraction of sp³-hybridized carbons (Fsp3) is 0.375. The van der Waals surface area contributed by atoms with E-state index in [-0.39, 0.29) is 30.7 Å². The summed E-state index contributed by atoms with van der Waals surface area (Å²) in [4.78, 5) is 39.2. The summed E-state index contributed by atoms with van der Waals surface area (Å²) in [5.74, 6) is 0.105. The van der Waals surface area contributed by atoms with Crippen molar-refractivity contribution in [2.24, 2.45) is 0 Å². The number of amides is 3. The molecule has 1 atom stereocenters.